The van der Waals surface area contributed by atoms with E-state index >= 15 is 0 Å². The van der Waals surface area contributed by atoms with E-state index in [1.165, 1.54) is 0 Å². The summed E-state index contributed by atoms with van der Waals surface area (Å²) in [5.41, 5.74) is 0. The van der Waals surface area contributed by atoms with Crippen molar-refractivity contribution in [2.45, 2.75) is 10.5 Å². The topological polar surface area (TPSA) is 0 Å². The van der Waals surface area contributed by atoms with Crippen molar-refractivity contribution in [3.63, 3.8) is 0 Å². The molecule has 2 atom stereocenters. The molecule has 0 nitrogen and oxygen atoms in total. The Hall–Kier alpha value is 1.05. The van der Waals surface area contributed by atoms with E-state index in [4.69, 9.17) is 0 Å². The van der Waals surface area contributed by atoms with Gasteiger partial charge in [-0.15, -0.1) is 0 Å². The van der Waals surface area contributed by atoms with Crippen LogP contribution in [0.2, 0.25) is 0 Å². The Morgan fingerprint density at radius 2 is 1.57 bits per heavy atom. The van der Waals surface area contributed by atoms with Gasteiger partial charge in [-0.1, -0.05) is 0 Å². The van der Waals surface area contributed by atoms with E-state index in [0.717, 1.165) is 22.0 Å². The summed E-state index contributed by atoms with van der Waals surface area (Å²) in [7, 11) is 0. The number of thioether (sulfide) groups is 1. The molecule has 1 aliphatic rings. The molecule has 1 fully saturated rings. The van der Waals surface area contributed by atoms with E-state index in [1.807, 2.05) is 11.8 Å². The fourth-order valence-corrected chi connectivity index (χ4v) is 2.53. The zero-order valence-electron chi connectivity index (χ0n) is 3.87. The highest BCUT2D eigenvalue weighted by Crippen LogP contribution is 2.42. The van der Waals surface area contributed by atoms with Crippen LogP contribution in [0.4, 0.5) is 0 Å². The molecule has 0 aromatic heterocycles. The van der Waals surface area contributed by atoms with E-state index in [1.54, 1.807) is 0 Å². The minimum atomic E-state index is 0.820. The van der Waals surface area contributed by atoms with Crippen molar-refractivity contribution < 1.29 is 0 Å². The standard InChI is InChI=1S/C4H8S3/c5-1-3-4(2-6)7-3/h3-6H,1-2H2. The third-order valence-corrected chi connectivity index (χ3v) is 3.70. The molecule has 1 saturated heterocycles. The fraction of sp³-hybridized carbons (Fsp3) is 1.00. The van der Waals surface area contributed by atoms with Crippen molar-refractivity contribution in [3.8, 4) is 0 Å². The van der Waals surface area contributed by atoms with Crippen LogP contribution in [0.3, 0.4) is 0 Å². The average Bonchev–Trinajstić information content (AvgIpc) is 2.43. The Morgan fingerprint density at radius 3 is 1.71 bits per heavy atom. The summed E-state index contributed by atoms with van der Waals surface area (Å²) in [6.45, 7) is 0. The highest BCUT2D eigenvalue weighted by Gasteiger charge is 2.35. The number of thiol groups is 2. The monoisotopic (exact) mass is 152 g/mol. The Kier molecular flexibility index (Phi) is 2.25. The van der Waals surface area contributed by atoms with Gasteiger partial charge in [0, 0.05) is 22.0 Å². The van der Waals surface area contributed by atoms with E-state index in [-0.39, 0.29) is 0 Å². The lowest BCUT2D eigenvalue weighted by atomic mass is 10.4. The normalized spacial score (nSPS) is 38.6. The molecule has 0 saturated carbocycles. The molecule has 0 bridgehead atoms. The Bertz CT molecular complexity index is 56.0. The summed E-state index contributed by atoms with van der Waals surface area (Å²) >= 11 is 10.3. The molecule has 0 aromatic carbocycles. The van der Waals surface area contributed by atoms with E-state index in [2.05, 4.69) is 25.3 Å². The van der Waals surface area contributed by atoms with Crippen molar-refractivity contribution >= 4 is 37.0 Å². The van der Waals surface area contributed by atoms with E-state index in [0.29, 0.717) is 0 Å². The zero-order chi connectivity index (χ0) is 5.28. The van der Waals surface area contributed by atoms with Crippen molar-refractivity contribution in [3.05, 3.63) is 0 Å². The van der Waals surface area contributed by atoms with Gasteiger partial charge >= 0.3 is 0 Å². The second-order valence-corrected chi connectivity index (χ2v) is 3.79. The Balaban J connectivity index is 2.06. The summed E-state index contributed by atoms with van der Waals surface area (Å²) < 4.78 is 0. The van der Waals surface area contributed by atoms with Gasteiger partial charge in [0.05, 0.1) is 0 Å². The fourth-order valence-electron chi connectivity index (χ4n) is 0.500. The molecule has 3 heteroatoms. The molecule has 42 valence electrons. The molecule has 0 aromatic rings. The Morgan fingerprint density at radius 1 is 1.14 bits per heavy atom. The predicted octanol–water partition coefficient (Wildman–Crippen LogP) is 1.33. The van der Waals surface area contributed by atoms with Crippen LogP contribution in [0.15, 0.2) is 0 Å². The van der Waals surface area contributed by atoms with Gasteiger partial charge in [0.1, 0.15) is 0 Å². The molecule has 1 rings (SSSR count). The average molecular weight is 152 g/mol. The summed E-state index contributed by atoms with van der Waals surface area (Å²) in [5.74, 6) is 2.05. The summed E-state index contributed by atoms with van der Waals surface area (Å²) in [5, 5.41) is 1.64. The third-order valence-electron chi connectivity index (χ3n) is 1.05. The van der Waals surface area contributed by atoms with Crippen molar-refractivity contribution in [1.29, 1.82) is 0 Å². The van der Waals surface area contributed by atoms with Crippen LogP contribution in [0, 0.1) is 0 Å². The summed E-state index contributed by atoms with van der Waals surface area (Å²) in [4.78, 5) is 0. The minimum absolute atomic E-state index is 0.820. The van der Waals surface area contributed by atoms with Gasteiger partial charge in [0.15, 0.2) is 0 Å². The van der Waals surface area contributed by atoms with Crippen LogP contribution >= 0.6 is 37.0 Å². The van der Waals surface area contributed by atoms with Gasteiger partial charge in [-0.05, 0) is 0 Å². The largest absolute Gasteiger partial charge is 0.178 e. The lowest BCUT2D eigenvalue weighted by molar-refractivity contribution is 1.08. The minimum Gasteiger partial charge on any atom is -0.178 e. The lowest BCUT2D eigenvalue weighted by Gasteiger charge is -1.81. The molecule has 2 unspecified atom stereocenters. The van der Waals surface area contributed by atoms with Gasteiger partial charge < -0.3 is 0 Å². The van der Waals surface area contributed by atoms with Crippen LogP contribution < -0.4 is 0 Å². The molecule has 0 radical (unpaired) electrons. The highest BCUT2D eigenvalue weighted by molar-refractivity contribution is 8.09. The van der Waals surface area contributed by atoms with Gasteiger partial charge in [0.2, 0.25) is 0 Å². The first kappa shape index (κ1) is 6.17. The first-order valence-electron chi connectivity index (χ1n) is 2.25. The molecular weight excluding hydrogens is 144 g/mol. The van der Waals surface area contributed by atoms with Crippen molar-refractivity contribution in [2.75, 3.05) is 11.5 Å². The first-order valence-corrected chi connectivity index (χ1v) is 4.46. The first-order chi connectivity index (χ1) is 3.38. The molecule has 0 spiro atoms. The molecular formula is C4H8S3. The molecule has 0 amide bonds. The SMILES string of the molecule is SCC1SC1CS. The highest BCUT2D eigenvalue weighted by atomic mass is 32.2. The maximum absolute atomic E-state index is 4.14. The van der Waals surface area contributed by atoms with Gasteiger partial charge in [-0.2, -0.15) is 37.0 Å². The lowest BCUT2D eigenvalue weighted by Crippen LogP contribution is -1.94. The van der Waals surface area contributed by atoms with Gasteiger partial charge in [-0.3, -0.25) is 0 Å². The van der Waals surface area contributed by atoms with Crippen molar-refractivity contribution in [1.82, 2.24) is 0 Å². The second kappa shape index (κ2) is 2.55. The van der Waals surface area contributed by atoms with Crippen LogP contribution in [0.25, 0.3) is 0 Å². The van der Waals surface area contributed by atoms with Gasteiger partial charge in [-0.25, -0.2) is 0 Å². The number of hydrogen-bond acceptors (Lipinski definition) is 3. The van der Waals surface area contributed by atoms with Crippen LogP contribution in [-0.4, -0.2) is 22.0 Å². The quantitative estimate of drug-likeness (QED) is 0.445. The summed E-state index contributed by atoms with van der Waals surface area (Å²) in [6.07, 6.45) is 0. The summed E-state index contributed by atoms with van der Waals surface area (Å²) in [6, 6.07) is 0. The zero-order valence-corrected chi connectivity index (χ0v) is 6.48. The molecule has 0 N–H and O–H groups in total. The van der Waals surface area contributed by atoms with Gasteiger partial charge in [0.25, 0.3) is 0 Å². The maximum atomic E-state index is 4.14. The maximum Gasteiger partial charge on any atom is 0.0266 e. The van der Waals surface area contributed by atoms with Crippen LogP contribution in [0.1, 0.15) is 0 Å². The predicted molar refractivity (Wildman–Crippen MR) is 42.9 cm³/mol. The number of rotatable bonds is 2. The Labute approximate surface area is 59.3 Å². The smallest absolute Gasteiger partial charge is 0.0266 e. The second-order valence-electron chi connectivity index (χ2n) is 1.58. The molecule has 1 aliphatic heterocycles. The molecule has 7 heavy (non-hydrogen) atoms. The molecule has 1 heterocycles. The number of hydrogen-bond donors (Lipinski definition) is 2. The third kappa shape index (κ3) is 1.47. The van der Waals surface area contributed by atoms with Crippen LogP contribution in [-0.2, 0) is 0 Å². The van der Waals surface area contributed by atoms with E-state index in [9.17, 15) is 0 Å². The van der Waals surface area contributed by atoms with E-state index < -0.39 is 0 Å². The van der Waals surface area contributed by atoms with Crippen LogP contribution in [0.5, 0.6) is 0 Å². The van der Waals surface area contributed by atoms with Crippen molar-refractivity contribution in [2.24, 2.45) is 0 Å². The molecule has 0 aliphatic carbocycles.